The zero-order valence-electron chi connectivity index (χ0n) is 18.9. The van der Waals surface area contributed by atoms with E-state index in [0.717, 1.165) is 73.9 Å². The summed E-state index contributed by atoms with van der Waals surface area (Å²) in [6.07, 6.45) is 1.53. The van der Waals surface area contributed by atoms with Gasteiger partial charge in [0, 0.05) is 38.3 Å². The van der Waals surface area contributed by atoms with Gasteiger partial charge >= 0.3 is 0 Å². The Morgan fingerprint density at radius 1 is 1.06 bits per heavy atom. The molecule has 1 saturated heterocycles. The van der Waals surface area contributed by atoms with Crippen molar-refractivity contribution in [1.29, 1.82) is 0 Å². The lowest BCUT2D eigenvalue weighted by atomic mass is 9.84. The molecule has 6 nitrogen and oxygen atoms in total. The van der Waals surface area contributed by atoms with E-state index in [4.69, 9.17) is 14.2 Å². The molecule has 2 aliphatic rings. The second-order valence-electron chi connectivity index (χ2n) is 8.63. The van der Waals surface area contributed by atoms with Gasteiger partial charge in [0.05, 0.1) is 19.3 Å². The molecule has 31 heavy (non-hydrogen) atoms. The highest BCUT2D eigenvalue weighted by molar-refractivity contribution is 5.43. The Kier molecular flexibility index (Phi) is 6.70. The third-order valence-electron chi connectivity index (χ3n) is 6.41. The Bertz CT molecular complexity index is 893. The molecule has 0 unspecified atom stereocenters. The number of nitrogens with zero attached hydrogens (tertiary/aromatic N) is 2. The summed E-state index contributed by atoms with van der Waals surface area (Å²) in [5.41, 5.74) is 2.58. The van der Waals surface area contributed by atoms with Crippen molar-refractivity contribution in [3.63, 3.8) is 0 Å². The van der Waals surface area contributed by atoms with Gasteiger partial charge in [-0.1, -0.05) is 12.1 Å². The second-order valence-corrected chi connectivity index (χ2v) is 8.63. The van der Waals surface area contributed by atoms with Crippen molar-refractivity contribution in [3.05, 3.63) is 53.1 Å². The van der Waals surface area contributed by atoms with Crippen LogP contribution in [0.5, 0.6) is 17.2 Å². The van der Waals surface area contributed by atoms with Crippen LogP contribution in [0, 0.1) is 0 Å². The van der Waals surface area contributed by atoms with Gasteiger partial charge < -0.3 is 24.2 Å². The first-order valence-electron chi connectivity index (χ1n) is 11.2. The summed E-state index contributed by atoms with van der Waals surface area (Å²) in [7, 11) is 3.77. The zero-order chi connectivity index (χ0) is 21.8. The van der Waals surface area contributed by atoms with Gasteiger partial charge in [0.15, 0.2) is 11.5 Å². The van der Waals surface area contributed by atoms with Crippen molar-refractivity contribution in [1.82, 2.24) is 9.80 Å². The minimum absolute atomic E-state index is 0.603. The summed E-state index contributed by atoms with van der Waals surface area (Å²) in [6.45, 7) is 7.48. The Morgan fingerprint density at radius 2 is 1.87 bits per heavy atom. The number of aliphatic hydroxyl groups is 1. The minimum atomic E-state index is -0.749. The predicted octanol–water partition coefficient (Wildman–Crippen LogP) is 3.40. The number of methoxy groups -OCH3 is 1. The molecular weight excluding hydrogens is 392 g/mol. The van der Waals surface area contributed by atoms with E-state index in [9.17, 15) is 5.11 Å². The lowest BCUT2D eigenvalue weighted by molar-refractivity contribution is -0.0204. The molecule has 0 aliphatic carbocycles. The van der Waals surface area contributed by atoms with E-state index < -0.39 is 5.60 Å². The van der Waals surface area contributed by atoms with Crippen molar-refractivity contribution in [3.8, 4) is 17.2 Å². The number of piperidine rings is 1. The van der Waals surface area contributed by atoms with Crippen LogP contribution in [-0.2, 0) is 18.7 Å². The largest absolute Gasteiger partial charge is 0.493 e. The van der Waals surface area contributed by atoms with Crippen LogP contribution in [0.15, 0.2) is 36.4 Å². The van der Waals surface area contributed by atoms with Gasteiger partial charge in [0.25, 0.3) is 0 Å². The first-order valence-corrected chi connectivity index (χ1v) is 11.2. The molecule has 6 heteroatoms. The summed E-state index contributed by atoms with van der Waals surface area (Å²) < 4.78 is 17.2. The van der Waals surface area contributed by atoms with Crippen LogP contribution in [0.1, 0.15) is 36.5 Å². The molecule has 0 atom stereocenters. The van der Waals surface area contributed by atoms with Gasteiger partial charge in [-0.2, -0.15) is 0 Å². The van der Waals surface area contributed by atoms with Crippen molar-refractivity contribution >= 4 is 0 Å². The number of ether oxygens (including phenoxy) is 3. The van der Waals surface area contributed by atoms with E-state index in [1.165, 1.54) is 5.56 Å². The average Bonchev–Trinajstić information content (AvgIpc) is 2.97. The SMILES string of the molecule is CCOc1cc(CN2CCOc3ccc(C4(O)CCN(C)CC4)cc3C2)ccc1OC. The summed E-state index contributed by atoms with van der Waals surface area (Å²) in [5, 5.41) is 11.3. The zero-order valence-corrected chi connectivity index (χ0v) is 18.9. The minimum Gasteiger partial charge on any atom is -0.493 e. The van der Waals surface area contributed by atoms with E-state index in [1.807, 2.05) is 25.1 Å². The van der Waals surface area contributed by atoms with Gasteiger partial charge in [-0.25, -0.2) is 0 Å². The molecule has 0 saturated carbocycles. The number of hydrogen-bond acceptors (Lipinski definition) is 6. The molecule has 168 valence electrons. The van der Waals surface area contributed by atoms with Crippen LogP contribution in [-0.4, -0.2) is 61.9 Å². The quantitative estimate of drug-likeness (QED) is 0.764. The molecule has 4 rings (SSSR count). The summed E-state index contributed by atoms with van der Waals surface area (Å²) in [5.74, 6) is 2.46. The predicted molar refractivity (Wildman–Crippen MR) is 121 cm³/mol. The van der Waals surface area contributed by atoms with Crippen LogP contribution < -0.4 is 14.2 Å². The van der Waals surface area contributed by atoms with E-state index in [2.05, 4.69) is 35.0 Å². The molecule has 2 heterocycles. The Hall–Kier alpha value is -2.28. The van der Waals surface area contributed by atoms with E-state index >= 15 is 0 Å². The van der Waals surface area contributed by atoms with Crippen LogP contribution in [0.2, 0.25) is 0 Å². The highest BCUT2D eigenvalue weighted by atomic mass is 16.5. The van der Waals surface area contributed by atoms with Gasteiger partial charge in [0.1, 0.15) is 12.4 Å². The first kappa shape index (κ1) is 21.9. The average molecular weight is 427 g/mol. The fourth-order valence-electron chi connectivity index (χ4n) is 4.50. The molecular formula is C25H34N2O4. The Labute approximate surface area is 185 Å². The topological polar surface area (TPSA) is 54.4 Å². The normalized spacial score (nSPS) is 19.2. The van der Waals surface area contributed by atoms with E-state index in [0.29, 0.717) is 13.2 Å². The molecule has 2 aromatic rings. The molecule has 0 amide bonds. The van der Waals surface area contributed by atoms with Gasteiger partial charge in [0.2, 0.25) is 0 Å². The third-order valence-corrected chi connectivity index (χ3v) is 6.41. The third kappa shape index (κ3) is 4.97. The summed E-state index contributed by atoms with van der Waals surface area (Å²) >= 11 is 0. The van der Waals surface area contributed by atoms with Crippen molar-refractivity contribution < 1.29 is 19.3 Å². The van der Waals surface area contributed by atoms with Crippen molar-refractivity contribution in [2.75, 3.05) is 47.0 Å². The lowest BCUT2D eigenvalue weighted by Gasteiger charge is -2.37. The van der Waals surface area contributed by atoms with Crippen LogP contribution in [0.4, 0.5) is 0 Å². The number of rotatable bonds is 6. The fraction of sp³-hybridized carbons (Fsp3) is 0.520. The van der Waals surface area contributed by atoms with E-state index in [1.54, 1.807) is 7.11 Å². The van der Waals surface area contributed by atoms with Crippen LogP contribution >= 0.6 is 0 Å². The van der Waals surface area contributed by atoms with Crippen molar-refractivity contribution in [2.24, 2.45) is 0 Å². The highest BCUT2D eigenvalue weighted by Gasteiger charge is 2.33. The maximum Gasteiger partial charge on any atom is 0.161 e. The smallest absolute Gasteiger partial charge is 0.161 e. The molecule has 0 aromatic heterocycles. The first-order chi connectivity index (χ1) is 15.0. The number of fused-ring (bicyclic) bond motifs is 1. The van der Waals surface area contributed by atoms with Gasteiger partial charge in [-0.05, 0) is 62.2 Å². The van der Waals surface area contributed by atoms with Gasteiger partial charge in [-0.3, -0.25) is 4.90 Å². The molecule has 0 radical (unpaired) electrons. The lowest BCUT2D eigenvalue weighted by Crippen LogP contribution is -2.40. The van der Waals surface area contributed by atoms with Crippen LogP contribution in [0.25, 0.3) is 0 Å². The molecule has 0 spiro atoms. The second kappa shape index (κ2) is 9.47. The summed E-state index contributed by atoms with van der Waals surface area (Å²) in [6, 6.07) is 12.3. The Morgan fingerprint density at radius 3 is 2.61 bits per heavy atom. The maximum atomic E-state index is 11.3. The monoisotopic (exact) mass is 426 g/mol. The molecule has 1 N–H and O–H groups in total. The van der Waals surface area contributed by atoms with Crippen LogP contribution in [0.3, 0.4) is 0 Å². The number of benzene rings is 2. The molecule has 0 bridgehead atoms. The maximum absolute atomic E-state index is 11.3. The Balaban J connectivity index is 1.52. The van der Waals surface area contributed by atoms with E-state index in [-0.39, 0.29) is 0 Å². The fourth-order valence-corrected chi connectivity index (χ4v) is 4.50. The molecule has 2 aliphatic heterocycles. The van der Waals surface area contributed by atoms with Crippen molar-refractivity contribution in [2.45, 2.75) is 38.5 Å². The number of likely N-dealkylation sites (tertiary alicyclic amines) is 1. The summed E-state index contributed by atoms with van der Waals surface area (Å²) in [4.78, 5) is 4.65. The number of hydrogen-bond donors (Lipinski definition) is 1. The molecule has 2 aromatic carbocycles. The van der Waals surface area contributed by atoms with Gasteiger partial charge in [-0.15, -0.1) is 0 Å². The molecule has 1 fully saturated rings. The highest BCUT2D eigenvalue weighted by Crippen LogP contribution is 2.36. The standard InChI is InChI=1S/C25H34N2O4/c1-4-30-24-15-19(5-7-23(24)29-3)17-27-13-14-31-22-8-6-21(16-20(22)18-27)25(28)9-11-26(2)12-10-25/h5-8,15-16,28H,4,9-14,17-18H2,1-3H3.